The Labute approximate surface area is 165 Å². The van der Waals surface area contributed by atoms with E-state index in [2.05, 4.69) is 45.4 Å². The molecule has 0 bridgehead atoms. The Kier molecular flexibility index (Phi) is 6.54. The highest BCUT2D eigenvalue weighted by Gasteiger charge is 2.57. The Morgan fingerprint density at radius 3 is 2.61 bits per heavy atom. The molecule has 1 aromatic heterocycles. The van der Waals surface area contributed by atoms with E-state index in [0.29, 0.717) is 0 Å². The molecular formula is C19H31FN2O5Si. The van der Waals surface area contributed by atoms with Crippen molar-refractivity contribution in [2.75, 3.05) is 13.2 Å². The molecule has 28 heavy (non-hydrogen) atoms. The maximum atomic E-state index is 15.8. The lowest BCUT2D eigenvalue weighted by molar-refractivity contribution is -0.0597. The summed E-state index contributed by atoms with van der Waals surface area (Å²) in [5, 5.41) is -0.0165. The van der Waals surface area contributed by atoms with Gasteiger partial charge in [-0.15, -0.1) is 6.58 Å². The van der Waals surface area contributed by atoms with E-state index in [0.717, 1.165) is 10.6 Å². The monoisotopic (exact) mass is 414 g/mol. The Balaban J connectivity index is 2.32. The van der Waals surface area contributed by atoms with Crippen LogP contribution in [0.2, 0.25) is 18.1 Å². The van der Waals surface area contributed by atoms with Gasteiger partial charge in [0.05, 0.1) is 13.2 Å². The van der Waals surface area contributed by atoms with Crippen molar-refractivity contribution in [2.24, 2.45) is 0 Å². The van der Waals surface area contributed by atoms with Gasteiger partial charge < -0.3 is 13.9 Å². The van der Waals surface area contributed by atoms with E-state index in [9.17, 15) is 9.59 Å². The number of rotatable bonds is 7. The summed E-state index contributed by atoms with van der Waals surface area (Å²) in [5.41, 5.74) is -3.32. The molecule has 1 fully saturated rings. The number of aromatic amines is 1. The molecule has 0 radical (unpaired) electrons. The van der Waals surface area contributed by atoms with Gasteiger partial charge in [0.1, 0.15) is 12.2 Å². The normalized spacial score (nSPS) is 28.5. The molecule has 0 saturated carbocycles. The van der Waals surface area contributed by atoms with Crippen LogP contribution < -0.4 is 11.2 Å². The second-order valence-corrected chi connectivity index (χ2v) is 13.6. The molecule has 1 aromatic rings. The Morgan fingerprint density at radius 1 is 1.43 bits per heavy atom. The molecule has 0 amide bonds. The Hall–Kier alpha value is -1.55. The zero-order valence-corrected chi connectivity index (χ0v) is 18.5. The number of H-pyrrole nitrogens is 1. The Bertz CT molecular complexity index is 812. The quantitative estimate of drug-likeness (QED) is 0.548. The molecule has 9 heteroatoms. The number of ether oxygens (including phenoxy) is 2. The van der Waals surface area contributed by atoms with Crippen LogP contribution in [0, 0.1) is 0 Å². The fourth-order valence-electron chi connectivity index (χ4n) is 2.90. The van der Waals surface area contributed by atoms with Gasteiger partial charge in [-0.1, -0.05) is 26.8 Å². The summed E-state index contributed by atoms with van der Waals surface area (Å²) in [6.45, 7) is 15.8. The van der Waals surface area contributed by atoms with Gasteiger partial charge in [0.25, 0.3) is 5.56 Å². The lowest BCUT2D eigenvalue weighted by Gasteiger charge is -2.37. The van der Waals surface area contributed by atoms with E-state index in [4.69, 9.17) is 13.9 Å². The first-order valence-corrected chi connectivity index (χ1v) is 12.2. The molecule has 2 heterocycles. The summed E-state index contributed by atoms with van der Waals surface area (Å²) >= 11 is 0. The number of aromatic nitrogens is 2. The zero-order valence-electron chi connectivity index (χ0n) is 17.5. The predicted octanol–water partition coefficient (Wildman–Crippen LogP) is 2.76. The van der Waals surface area contributed by atoms with Crippen LogP contribution >= 0.6 is 0 Å². The molecule has 1 aliphatic heterocycles. The average molecular weight is 415 g/mol. The molecule has 158 valence electrons. The zero-order chi connectivity index (χ0) is 21.3. The van der Waals surface area contributed by atoms with E-state index >= 15 is 4.39 Å². The van der Waals surface area contributed by atoms with Gasteiger partial charge in [-0.3, -0.25) is 14.3 Å². The maximum Gasteiger partial charge on any atom is 0.330 e. The van der Waals surface area contributed by atoms with Gasteiger partial charge in [-0.25, -0.2) is 9.18 Å². The fourth-order valence-corrected chi connectivity index (χ4v) is 3.91. The van der Waals surface area contributed by atoms with Crippen molar-refractivity contribution in [3.05, 3.63) is 45.8 Å². The van der Waals surface area contributed by atoms with Crippen LogP contribution in [0.3, 0.4) is 0 Å². The molecule has 1 N–H and O–H groups in total. The van der Waals surface area contributed by atoms with E-state index < -0.39 is 43.7 Å². The van der Waals surface area contributed by atoms with E-state index in [1.807, 2.05) is 0 Å². The van der Waals surface area contributed by atoms with E-state index in [1.54, 1.807) is 0 Å². The molecule has 4 atom stereocenters. The molecule has 2 rings (SSSR count). The molecule has 0 spiro atoms. The van der Waals surface area contributed by atoms with Gasteiger partial charge in [0, 0.05) is 12.3 Å². The average Bonchev–Trinajstić information content (AvgIpc) is 2.80. The number of nitrogens with zero attached hydrogens (tertiary/aromatic N) is 1. The minimum Gasteiger partial charge on any atom is -0.414 e. The van der Waals surface area contributed by atoms with Crippen LogP contribution in [0.15, 0.2) is 34.5 Å². The van der Waals surface area contributed by atoms with Gasteiger partial charge in [0.15, 0.2) is 20.2 Å². The molecule has 1 aliphatic rings. The van der Waals surface area contributed by atoms with Crippen LogP contribution in [-0.4, -0.2) is 49.0 Å². The third-order valence-corrected chi connectivity index (χ3v) is 10.1. The SMILES string of the molecule is C=CCO[C@@H]1[C@@H](CO[Si](C)(C)C(C)(C)C)O[C@@H](n2ccc(=O)[nH]c2=O)[C@]1(C)F. The number of hydrogen-bond acceptors (Lipinski definition) is 5. The van der Waals surface area contributed by atoms with Gasteiger partial charge in [0.2, 0.25) is 0 Å². The molecule has 0 unspecified atom stereocenters. The lowest BCUT2D eigenvalue weighted by atomic mass is 9.98. The van der Waals surface area contributed by atoms with Crippen molar-refractivity contribution >= 4 is 8.32 Å². The summed E-state index contributed by atoms with van der Waals surface area (Å²) in [7, 11) is -2.09. The third-order valence-electron chi connectivity index (χ3n) is 5.59. The topological polar surface area (TPSA) is 82.6 Å². The highest BCUT2D eigenvalue weighted by Crippen LogP contribution is 2.43. The van der Waals surface area contributed by atoms with Gasteiger partial charge in [-0.2, -0.15) is 0 Å². The van der Waals surface area contributed by atoms with Crippen molar-refractivity contribution in [3.8, 4) is 0 Å². The molecule has 0 aliphatic carbocycles. The molecular weight excluding hydrogens is 383 g/mol. The summed E-state index contributed by atoms with van der Waals surface area (Å²) in [4.78, 5) is 25.6. The second-order valence-electron chi connectivity index (χ2n) is 8.81. The number of alkyl halides is 1. The summed E-state index contributed by atoms with van der Waals surface area (Å²) in [6, 6.07) is 1.15. The first kappa shape index (κ1) is 22.7. The number of hydrogen-bond donors (Lipinski definition) is 1. The van der Waals surface area contributed by atoms with Crippen LogP contribution in [0.25, 0.3) is 0 Å². The predicted molar refractivity (Wildman–Crippen MR) is 108 cm³/mol. The summed E-state index contributed by atoms with van der Waals surface area (Å²) in [5.74, 6) is 0. The Morgan fingerprint density at radius 2 is 2.07 bits per heavy atom. The van der Waals surface area contributed by atoms with Crippen molar-refractivity contribution in [2.45, 2.75) is 69.9 Å². The van der Waals surface area contributed by atoms with Crippen LogP contribution in [0.5, 0.6) is 0 Å². The van der Waals surface area contributed by atoms with Crippen LogP contribution in [-0.2, 0) is 13.9 Å². The minimum absolute atomic E-state index is 0.0165. The highest BCUT2D eigenvalue weighted by atomic mass is 28.4. The molecule has 7 nitrogen and oxygen atoms in total. The first-order chi connectivity index (χ1) is 12.8. The summed E-state index contributed by atoms with van der Waals surface area (Å²) in [6.07, 6.45) is -0.168. The maximum absolute atomic E-state index is 15.8. The lowest BCUT2D eigenvalue weighted by Crippen LogP contribution is -2.47. The largest absolute Gasteiger partial charge is 0.414 e. The highest BCUT2D eigenvalue weighted by molar-refractivity contribution is 6.74. The smallest absolute Gasteiger partial charge is 0.330 e. The van der Waals surface area contributed by atoms with Crippen molar-refractivity contribution in [1.82, 2.24) is 9.55 Å². The second kappa shape index (κ2) is 8.06. The molecule has 1 saturated heterocycles. The standard InChI is InChI=1S/C19H31FN2O5Si/c1-8-11-25-15-13(12-26-28(6,7)18(2,3)4)27-16(19(15,5)20)22-10-9-14(23)21-17(22)24/h8-10,13,15-16H,1,11-12H2,2-7H3,(H,21,23,24)/t13-,15-,16-,19-/m1/s1. The van der Waals surface area contributed by atoms with E-state index in [-0.39, 0.29) is 18.3 Å². The minimum atomic E-state index is -2.09. The van der Waals surface area contributed by atoms with Crippen molar-refractivity contribution in [1.29, 1.82) is 0 Å². The van der Waals surface area contributed by atoms with Crippen LogP contribution in [0.1, 0.15) is 33.9 Å². The third kappa shape index (κ3) is 4.53. The number of halogens is 1. The van der Waals surface area contributed by atoms with Gasteiger partial charge >= 0.3 is 5.69 Å². The first-order valence-electron chi connectivity index (χ1n) is 9.33. The van der Waals surface area contributed by atoms with Gasteiger partial charge in [-0.05, 0) is 25.1 Å². The van der Waals surface area contributed by atoms with E-state index in [1.165, 1.54) is 19.2 Å². The van der Waals surface area contributed by atoms with Crippen molar-refractivity contribution < 1.29 is 18.3 Å². The number of nitrogens with one attached hydrogen (secondary N) is 1. The molecule has 0 aromatic carbocycles. The van der Waals surface area contributed by atoms with Crippen LogP contribution in [0.4, 0.5) is 4.39 Å². The fraction of sp³-hybridized carbons (Fsp3) is 0.684. The van der Waals surface area contributed by atoms with Crippen molar-refractivity contribution in [3.63, 3.8) is 0 Å². The summed E-state index contributed by atoms with van der Waals surface area (Å²) < 4.78 is 34.6.